The predicted octanol–water partition coefficient (Wildman–Crippen LogP) is 6.33. The van der Waals surface area contributed by atoms with Crippen LogP contribution in [0.5, 0.6) is 5.75 Å². The van der Waals surface area contributed by atoms with E-state index >= 15 is 0 Å². The molecule has 0 spiro atoms. The molecular weight excluding hydrogens is 443 g/mol. The Morgan fingerprint density at radius 2 is 1.80 bits per heavy atom. The fraction of sp³-hybridized carbons (Fsp3) is 0.600. The third kappa shape index (κ3) is 7.81. The van der Waals surface area contributed by atoms with Crippen molar-refractivity contribution in [3.05, 3.63) is 39.5 Å². The Balaban J connectivity index is 2.69. The molecule has 1 rings (SSSR count). The van der Waals surface area contributed by atoms with Gasteiger partial charge >= 0.3 is 0 Å². The molecule has 0 bridgehead atoms. The molecule has 0 aliphatic carbocycles. The summed E-state index contributed by atoms with van der Waals surface area (Å²) >= 11 is 2.29. The minimum atomic E-state index is -1.77. The summed E-state index contributed by atoms with van der Waals surface area (Å²) < 4.78 is 19.9. The van der Waals surface area contributed by atoms with Crippen LogP contribution >= 0.6 is 22.6 Å². The lowest BCUT2D eigenvalue weighted by molar-refractivity contribution is 0.00661. The van der Waals surface area contributed by atoms with Gasteiger partial charge in [-0.3, -0.25) is 0 Å². The molecule has 0 radical (unpaired) electrons. The van der Waals surface area contributed by atoms with Crippen LogP contribution in [0.3, 0.4) is 0 Å². The summed E-state index contributed by atoms with van der Waals surface area (Å²) in [6.45, 7) is 14.7. The maximum atomic E-state index is 6.39. The number of hydrogen-bond acceptors (Lipinski definition) is 3. The van der Waals surface area contributed by atoms with Crippen molar-refractivity contribution in [2.45, 2.75) is 65.0 Å². The van der Waals surface area contributed by atoms with E-state index in [9.17, 15) is 0 Å². The van der Waals surface area contributed by atoms with Crippen molar-refractivity contribution in [1.29, 1.82) is 0 Å². The molecule has 0 aromatic heterocycles. The normalized spacial score (nSPS) is 14.5. The van der Waals surface area contributed by atoms with Crippen LogP contribution in [0.1, 0.15) is 39.7 Å². The van der Waals surface area contributed by atoms with Crippen molar-refractivity contribution >= 4 is 30.9 Å². The number of rotatable bonds is 9. The van der Waals surface area contributed by atoms with Crippen molar-refractivity contribution in [1.82, 2.24) is 0 Å². The standard InChI is InChI=1S/C20H33IO3Si/c1-16(13-21)12-19(15-24-25(6,7)20(2,3)4)23-14-17-8-10-18(22-5)11-9-17/h8-11,13,19H,12,14-15H2,1-7H3/b16-13+/t19-/m0/s1. The molecule has 0 aliphatic heterocycles. The first-order valence-electron chi connectivity index (χ1n) is 8.73. The van der Waals surface area contributed by atoms with Gasteiger partial charge in [-0.1, -0.05) is 61.1 Å². The minimum absolute atomic E-state index is 0.0715. The first-order valence-corrected chi connectivity index (χ1v) is 12.9. The van der Waals surface area contributed by atoms with E-state index in [1.54, 1.807) is 7.11 Å². The summed E-state index contributed by atoms with van der Waals surface area (Å²) in [5.74, 6) is 0.866. The molecule has 0 unspecified atom stereocenters. The number of halogens is 1. The van der Waals surface area contributed by atoms with E-state index in [-0.39, 0.29) is 11.1 Å². The van der Waals surface area contributed by atoms with Crippen LogP contribution in [-0.2, 0) is 15.8 Å². The van der Waals surface area contributed by atoms with Crippen LogP contribution in [0.4, 0.5) is 0 Å². The average molecular weight is 476 g/mol. The molecule has 0 saturated heterocycles. The van der Waals surface area contributed by atoms with Gasteiger partial charge in [-0.15, -0.1) is 0 Å². The molecule has 0 aliphatic rings. The Morgan fingerprint density at radius 1 is 1.20 bits per heavy atom. The fourth-order valence-corrected chi connectivity index (χ4v) is 3.31. The number of ether oxygens (including phenoxy) is 2. The minimum Gasteiger partial charge on any atom is -0.497 e. The van der Waals surface area contributed by atoms with E-state index in [2.05, 4.69) is 67.5 Å². The van der Waals surface area contributed by atoms with Crippen LogP contribution < -0.4 is 4.74 Å². The summed E-state index contributed by atoms with van der Waals surface area (Å²) in [6, 6.07) is 8.03. The Labute approximate surface area is 168 Å². The lowest BCUT2D eigenvalue weighted by Gasteiger charge is -2.37. The SMILES string of the molecule is COc1ccc(CO[C@H](CO[Si](C)(C)C(C)(C)C)C/C(C)=C/I)cc1. The van der Waals surface area contributed by atoms with Gasteiger partial charge in [0.05, 0.1) is 26.4 Å². The van der Waals surface area contributed by atoms with Gasteiger partial charge in [-0.2, -0.15) is 0 Å². The molecule has 142 valence electrons. The van der Waals surface area contributed by atoms with E-state index in [0.717, 1.165) is 17.7 Å². The van der Waals surface area contributed by atoms with Crippen LogP contribution in [0, 0.1) is 0 Å². The second-order valence-electron chi connectivity index (χ2n) is 8.01. The molecule has 0 fully saturated rings. The maximum Gasteiger partial charge on any atom is 0.192 e. The van der Waals surface area contributed by atoms with Crippen LogP contribution in [0.2, 0.25) is 18.1 Å². The van der Waals surface area contributed by atoms with Gasteiger partial charge in [0.15, 0.2) is 8.32 Å². The monoisotopic (exact) mass is 476 g/mol. The Hall–Kier alpha value is -0.373. The molecule has 1 aromatic carbocycles. The van der Waals surface area contributed by atoms with Crippen molar-refractivity contribution in [2.75, 3.05) is 13.7 Å². The molecule has 25 heavy (non-hydrogen) atoms. The fourth-order valence-electron chi connectivity index (χ4n) is 2.02. The highest BCUT2D eigenvalue weighted by atomic mass is 127. The lowest BCUT2D eigenvalue weighted by atomic mass is 10.1. The van der Waals surface area contributed by atoms with Gasteiger partial charge in [0, 0.05) is 0 Å². The molecule has 1 aromatic rings. The van der Waals surface area contributed by atoms with Gasteiger partial charge in [-0.25, -0.2) is 0 Å². The van der Waals surface area contributed by atoms with Crippen molar-refractivity contribution in [2.24, 2.45) is 0 Å². The second-order valence-corrected chi connectivity index (χ2v) is 13.4. The van der Waals surface area contributed by atoms with Gasteiger partial charge in [-0.05, 0) is 53.3 Å². The first-order chi connectivity index (χ1) is 11.6. The average Bonchev–Trinajstić information content (AvgIpc) is 2.56. The lowest BCUT2D eigenvalue weighted by Crippen LogP contribution is -2.43. The topological polar surface area (TPSA) is 27.7 Å². The van der Waals surface area contributed by atoms with Gasteiger partial charge in [0.25, 0.3) is 0 Å². The quantitative estimate of drug-likeness (QED) is 0.308. The Kier molecular flexibility index (Phi) is 9.15. The maximum absolute atomic E-state index is 6.39. The highest BCUT2D eigenvalue weighted by Gasteiger charge is 2.37. The number of hydrogen-bond donors (Lipinski definition) is 0. The summed E-state index contributed by atoms with van der Waals surface area (Å²) in [5.41, 5.74) is 2.47. The summed E-state index contributed by atoms with van der Waals surface area (Å²) in [5, 5.41) is 0.210. The Morgan fingerprint density at radius 3 is 2.28 bits per heavy atom. The molecular formula is C20H33IO3Si. The first kappa shape index (κ1) is 22.7. The smallest absolute Gasteiger partial charge is 0.192 e. The molecule has 5 heteroatoms. The van der Waals surface area contributed by atoms with E-state index in [4.69, 9.17) is 13.9 Å². The molecule has 0 amide bonds. The van der Waals surface area contributed by atoms with E-state index in [1.165, 1.54) is 5.57 Å². The number of benzene rings is 1. The summed E-state index contributed by atoms with van der Waals surface area (Å²) in [6.07, 6.45) is 0.968. The highest BCUT2D eigenvalue weighted by molar-refractivity contribution is 14.1. The molecule has 0 saturated carbocycles. The predicted molar refractivity (Wildman–Crippen MR) is 117 cm³/mol. The van der Waals surface area contributed by atoms with Gasteiger partial charge < -0.3 is 13.9 Å². The highest BCUT2D eigenvalue weighted by Crippen LogP contribution is 2.36. The summed E-state index contributed by atoms with van der Waals surface area (Å²) in [4.78, 5) is 0. The van der Waals surface area contributed by atoms with Gasteiger partial charge in [0.2, 0.25) is 0 Å². The zero-order valence-corrected chi connectivity index (χ0v) is 19.8. The second kappa shape index (κ2) is 10.1. The van der Waals surface area contributed by atoms with E-state index in [1.807, 2.05) is 24.3 Å². The van der Waals surface area contributed by atoms with Crippen molar-refractivity contribution < 1.29 is 13.9 Å². The Bertz CT molecular complexity index is 547. The van der Waals surface area contributed by atoms with Crippen LogP contribution in [-0.4, -0.2) is 28.1 Å². The van der Waals surface area contributed by atoms with Crippen molar-refractivity contribution in [3.63, 3.8) is 0 Å². The van der Waals surface area contributed by atoms with E-state index in [0.29, 0.717) is 13.2 Å². The molecule has 1 atom stereocenters. The van der Waals surface area contributed by atoms with Crippen molar-refractivity contribution in [3.8, 4) is 5.75 Å². The van der Waals surface area contributed by atoms with Crippen LogP contribution in [0.25, 0.3) is 0 Å². The third-order valence-corrected chi connectivity index (χ3v) is 10.4. The molecule has 0 heterocycles. The van der Waals surface area contributed by atoms with E-state index < -0.39 is 8.32 Å². The van der Waals surface area contributed by atoms with Crippen LogP contribution in [0.15, 0.2) is 33.9 Å². The zero-order valence-electron chi connectivity index (χ0n) is 16.7. The third-order valence-electron chi connectivity index (χ3n) is 4.82. The molecule has 0 N–H and O–H groups in total. The summed E-state index contributed by atoms with van der Waals surface area (Å²) in [7, 11) is -0.0880. The number of methoxy groups -OCH3 is 1. The zero-order chi connectivity index (χ0) is 19.1. The largest absolute Gasteiger partial charge is 0.497 e. The van der Waals surface area contributed by atoms with Gasteiger partial charge in [0.1, 0.15) is 5.75 Å². The molecule has 3 nitrogen and oxygen atoms in total.